The zero-order valence-corrected chi connectivity index (χ0v) is 15.3. The molecule has 1 aromatic heterocycles. The molecular weight excluding hydrogens is 326 g/mol. The van der Waals surface area contributed by atoms with Gasteiger partial charge in [0.05, 0.1) is 11.0 Å². The summed E-state index contributed by atoms with van der Waals surface area (Å²) < 4.78 is 7.28. The first-order valence-corrected chi connectivity index (χ1v) is 8.65. The number of para-hydroxylation sites is 1. The van der Waals surface area contributed by atoms with Crippen molar-refractivity contribution in [1.82, 2.24) is 4.57 Å². The van der Waals surface area contributed by atoms with E-state index in [0.717, 1.165) is 38.1 Å². The molecule has 0 fully saturated rings. The summed E-state index contributed by atoms with van der Waals surface area (Å²) in [6, 6.07) is 15.3. The van der Waals surface area contributed by atoms with Crippen LogP contribution in [0.4, 0.5) is 4.79 Å². The quantitative estimate of drug-likeness (QED) is 0.441. The average molecular weight is 347 g/mol. The van der Waals surface area contributed by atoms with E-state index in [-0.39, 0.29) is 5.75 Å². The molecule has 0 spiro atoms. The maximum atomic E-state index is 13.0. The van der Waals surface area contributed by atoms with Crippen LogP contribution in [0.3, 0.4) is 0 Å². The van der Waals surface area contributed by atoms with Gasteiger partial charge in [-0.25, -0.2) is 9.36 Å². The zero-order chi connectivity index (χ0) is 18.6. The Balaban J connectivity index is 2.19. The fourth-order valence-electron chi connectivity index (χ4n) is 3.46. The van der Waals surface area contributed by atoms with Crippen molar-refractivity contribution < 1.29 is 14.6 Å². The number of benzene rings is 3. The molecule has 3 aromatic carbocycles. The Kier molecular flexibility index (Phi) is 3.48. The highest BCUT2D eigenvalue weighted by Gasteiger charge is 2.24. The van der Waals surface area contributed by atoms with Gasteiger partial charge in [-0.1, -0.05) is 35.9 Å². The maximum absolute atomic E-state index is 13.0. The smallest absolute Gasteiger partial charge is 0.419 e. The van der Waals surface area contributed by atoms with Crippen molar-refractivity contribution in [3.8, 4) is 5.75 Å². The number of hydrogen-bond acceptors (Lipinski definition) is 3. The Hall–Kier alpha value is -3.01. The fourth-order valence-corrected chi connectivity index (χ4v) is 3.46. The van der Waals surface area contributed by atoms with Crippen molar-refractivity contribution in [1.29, 1.82) is 0 Å². The number of hydrogen-bond donors (Lipinski definition) is 1. The third kappa shape index (κ3) is 2.49. The number of carbonyl (C=O) groups excluding carboxylic acids is 1. The monoisotopic (exact) mass is 347 g/mol. The summed E-state index contributed by atoms with van der Waals surface area (Å²) in [6.45, 7) is 7.54. The summed E-state index contributed by atoms with van der Waals surface area (Å²) in [4.78, 5) is 13.0. The number of phenolic OH excluding ortho intramolecular Hbond substituents is 1. The van der Waals surface area contributed by atoms with Crippen molar-refractivity contribution in [3.63, 3.8) is 0 Å². The van der Waals surface area contributed by atoms with Gasteiger partial charge >= 0.3 is 6.09 Å². The van der Waals surface area contributed by atoms with E-state index in [0.29, 0.717) is 0 Å². The van der Waals surface area contributed by atoms with Crippen LogP contribution in [0, 0.1) is 6.92 Å². The second-order valence-electron chi connectivity index (χ2n) is 7.67. The molecule has 4 heteroatoms. The number of nitrogens with zero attached hydrogens (tertiary/aromatic N) is 1. The van der Waals surface area contributed by atoms with Gasteiger partial charge in [0.25, 0.3) is 0 Å². The molecule has 1 heterocycles. The molecule has 4 nitrogen and oxygen atoms in total. The van der Waals surface area contributed by atoms with E-state index in [4.69, 9.17) is 4.74 Å². The lowest BCUT2D eigenvalue weighted by Crippen LogP contribution is -2.27. The first-order chi connectivity index (χ1) is 12.3. The SMILES string of the molecule is Cc1ccc2c(c1)c(O)cc1c3ccccc3n(C(=O)OC(C)(C)C)c21. The second-order valence-corrected chi connectivity index (χ2v) is 7.67. The van der Waals surface area contributed by atoms with E-state index >= 15 is 0 Å². The minimum absolute atomic E-state index is 0.211. The molecule has 0 aliphatic carbocycles. The van der Waals surface area contributed by atoms with Gasteiger partial charge < -0.3 is 9.84 Å². The predicted octanol–water partition coefficient (Wildman–Crippen LogP) is 5.74. The van der Waals surface area contributed by atoms with Gasteiger partial charge in [-0.15, -0.1) is 0 Å². The van der Waals surface area contributed by atoms with Crippen LogP contribution in [0.25, 0.3) is 32.6 Å². The van der Waals surface area contributed by atoms with Crippen molar-refractivity contribution >= 4 is 38.7 Å². The lowest BCUT2D eigenvalue weighted by molar-refractivity contribution is 0.0551. The molecule has 26 heavy (non-hydrogen) atoms. The first kappa shape index (κ1) is 16.5. The molecule has 0 amide bonds. The summed E-state index contributed by atoms with van der Waals surface area (Å²) in [5.74, 6) is 0.211. The van der Waals surface area contributed by atoms with Crippen molar-refractivity contribution in [3.05, 3.63) is 54.1 Å². The number of aromatic hydroxyl groups is 1. The van der Waals surface area contributed by atoms with Gasteiger partial charge in [-0.2, -0.15) is 0 Å². The van der Waals surface area contributed by atoms with E-state index < -0.39 is 11.7 Å². The van der Waals surface area contributed by atoms with Gasteiger partial charge in [0.1, 0.15) is 11.4 Å². The van der Waals surface area contributed by atoms with Crippen LogP contribution in [0.2, 0.25) is 0 Å². The normalized spacial score (nSPS) is 12.2. The van der Waals surface area contributed by atoms with Gasteiger partial charge in [0, 0.05) is 21.5 Å². The number of aryl methyl sites for hydroxylation is 1. The fraction of sp³-hybridized carbons (Fsp3) is 0.227. The van der Waals surface area contributed by atoms with E-state index in [1.807, 2.05) is 70.2 Å². The summed E-state index contributed by atoms with van der Waals surface area (Å²) in [6.07, 6.45) is -0.420. The molecule has 4 rings (SSSR count). The Morgan fingerprint density at radius 1 is 0.962 bits per heavy atom. The average Bonchev–Trinajstić information content (AvgIpc) is 2.88. The van der Waals surface area contributed by atoms with Gasteiger partial charge in [-0.3, -0.25) is 0 Å². The Morgan fingerprint density at radius 2 is 1.69 bits per heavy atom. The third-order valence-corrected chi connectivity index (χ3v) is 4.48. The maximum Gasteiger partial charge on any atom is 0.419 e. The highest BCUT2D eigenvalue weighted by Crippen LogP contribution is 2.39. The number of aromatic nitrogens is 1. The third-order valence-electron chi connectivity index (χ3n) is 4.48. The first-order valence-electron chi connectivity index (χ1n) is 8.65. The Labute approximate surface area is 151 Å². The summed E-state index contributed by atoms with van der Waals surface area (Å²) >= 11 is 0. The van der Waals surface area contributed by atoms with E-state index in [9.17, 15) is 9.90 Å². The molecule has 0 atom stereocenters. The summed E-state index contributed by atoms with van der Waals surface area (Å²) in [7, 11) is 0. The minimum Gasteiger partial charge on any atom is -0.507 e. The molecule has 132 valence electrons. The van der Waals surface area contributed by atoms with Gasteiger partial charge in [0.15, 0.2) is 0 Å². The molecular formula is C22H21NO3. The number of fused-ring (bicyclic) bond motifs is 5. The van der Waals surface area contributed by atoms with Crippen molar-refractivity contribution in [2.24, 2.45) is 0 Å². The molecule has 0 saturated heterocycles. The summed E-state index contributed by atoms with van der Waals surface area (Å²) in [5.41, 5.74) is 1.97. The highest BCUT2D eigenvalue weighted by molar-refractivity contribution is 6.22. The number of phenols is 1. The molecule has 1 N–H and O–H groups in total. The van der Waals surface area contributed by atoms with Gasteiger partial charge in [0.2, 0.25) is 0 Å². The van der Waals surface area contributed by atoms with E-state index in [1.165, 1.54) is 0 Å². The topological polar surface area (TPSA) is 51.5 Å². The molecule has 0 unspecified atom stereocenters. The van der Waals surface area contributed by atoms with Crippen LogP contribution in [-0.4, -0.2) is 21.4 Å². The number of rotatable bonds is 0. The van der Waals surface area contributed by atoms with Crippen LogP contribution in [0.1, 0.15) is 26.3 Å². The number of carbonyl (C=O) groups is 1. The van der Waals surface area contributed by atoms with Crippen LogP contribution in [-0.2, 0) is 4.74 Å². The van der Waals surface area contributed by atoms with Crippen LogP contribution in [0.5, 0.6) is 5.75 Å². The molecule has 0 saturated carbocycles. The van der Waals surface area contributed by atoms with Crippen molar-refractivity contribution in [2.75, 3.05) is 0 Å². The predicted molar refractivity (Wildman–Crippen MR) is 105 cm³/mol. The molecule has 0 radical (unpaired) electrons. The molecule has 0 aliphatic rings. The standard InChI is InChI=1S/C22H21NO3/c1-13-9-10-15-16(11-13)19(24)12-17-14-7-5-6-8-18(14)23(20(15)17)21(25)26-22(2,3)4/h5-12,24H,1-4H3. The lowest BCUT2D eigenvalue weighted by Gasteiger charge is -2.20. The Bertz CT molecular complexity index is 1180. The largest absolute Gasteiger partial charge is 0.507 e. The van der Waals surface area contributed by atoms with Gasteiger partial charge in [-0.05, 0) is 45.9 Å². The highest BCUT2D eigenvalue weighted by atomic mass is 16.6. The molecule has 0 bridgehead atoms. The number of ether oxygens (including phenoxy) is 1. The lowest BCUT2D eigenvalue weighted by atomic mass is 10.0. The zero-order valence-electron chi connectivity index (χ0n) is 15.3. The minimum atomic E-state index is -0.599. The van der Waals surface area contributed by atoms with Crippen molar-refractivity contribution in [2.45, 2.75) is 33.3 Å². The van der Waals surface area contributed by atoms with E-state index in [1.54, 1.807) is 10.6 Å². The Morgan fingerprint density at radius 3 is 2.42 bits per heavy atom. The van der Waals surface area contributed by atoms with Crippen LogP contribution in [0.15, 0.2) is 48.5 Å². The van der Waals surface area contributed by atoms with Crippen LogP contribution >= 0.6 is 0 Å². The molecule has 0 aliphatic heterocycles. The second kappa shape index (κ2) is 5.49. The molecule has 4 aromatic rings. The summed E-state index contributed by atoms with van der Waals surface area (Å²) in [5, 5.41) is 13.9. The van der Waals surface area contributed by atoms with Crippen LogP contribution < -0.4 is 0 Å². The van der Waals surface area contributed by atoms with E-state index in [2.05, 4.69) is 0 Å².